The van der Waals surface area contributed by atoms with Gasteiger partial charge in [-0.1, -0.05) is 69.7 Å². The summed E-state index contributed by atoms with van der Waals surface area (Å²) >= 11 is 0. The average Bonchev–Trinajstić information content (AvgIpc) is 3.22. The van der Waals surface area contributed by atoms with Crippen molar-refractivity contribution < 1.29 is 22.7 Å². The predicted octanol–water partition coefficient (Wildman–Crippen LogP) is 3.13. The number of amides is 1. The molecule has 3 aromatic rings. The molecule has 0 aliphatic heterocycles. The van der Waals surface area contributed by atoms with Crippen molar-refractivity contribution in [2.24, 2.45) is 0 Å². The van der Waals surface area contributed by atoms with E-state index in [0.717, 1.165) is 0 Å². The number of aromatic nitrogens is 1. The average molecular weight is 488 g/mol. The molecule has 1 aromatic heterocycles. The maximum atomic E-state index is 13.2. The predicted molar refractivity (Wildman–Crippen MR) is 132 cm³/mol. The number of sulfone groups is 1. The lowest BCUT2D eigenvalue weighted by Crippen LogP contribution is -2.53. The minimum absolute atomic E-state index is 0.116. The molecule has 1 amide bonds. The minimum Gasteiger partial charge on any atom is -0.438 e. The van der Waals surface area contributed by atoms with Gasteiger partial charge in [0.25, 0.3) is 0 Å². The van der Waals surface area contributed by atoms with E-state index >= 15 is 0 Å². The summed E-state index contributed by atoms with van der Waals surface area (Å²) in [5, 5.41) is 16.8. The van der Waals surface area contributed by atoms with E-state index in [-0.39, 0.29) is 23.4 Å². The van der Waals surface area contributed by atoms with Gasteiger partial charge in [-0.15, -0.1) is 0 Å². The van der Waals surface area contributed by atoms with Gasteiger partial charge in [0.05, 0.1) is 17.5 Å². The number of para-hydroxylation sites is 2. The van der Waals surface area contributed by atoms with Crippen LogP contribution < -0.4 is 10.6 Å². The highest BCUT2D eigenvalue weighted by molar-refractivity contribution is 7.90. The van der Waals surface area contributed by atoms with E-state index in [1.54, 1.807) is 36.4 Å². The number of hydrogen-bond donors (Lipinski definition) is 3. The number of fused-ring (bicyclic) bond motifs is 1. The molecule has 3 atom stereocenters. The second-order valence-corrected chi connectivity index (χ2v) is 10.9. The van der Waals surface area contributed by atoms with Gasteiger partial charge in [0.1, 0.15) is 11.6 Å². The highest BCUT2D eigenvalue weighted by atomic mass is 32.2. The van der Waals surface area contributed by atoms with Crippen LogP contribution in [0.2, 0.25) is 0 Å². The number of nitrogens with one attached hydrogen (secondary N) is 2. The van der Waals surface area contributed by atoms with E-state index in [1.807, 2.05) is 39.0 Å². The Labute approximate surface area is 200 Å². The van der Waals surface area contributed by atoms with E-state index in [0.29, 0.717) is 29.5 Å². The van der Waals surface area contributed by atoms with Gasteiger partial charge in [0, 0.05) is 6.04 Å². The number of rotatable bonds is 12. The third kappa shape index (κ3) is 7.12. The maximum absolute atomic E-state index is 13.2. The smallest absolute Gasteiger partial charge is 0.238 e. The third-order valence-electron chi connectivity index (χ3n) is 5.37. The molecule has 8 nitrogen and oxygen atoms in total. The first-order valence-corrected chi connectivity index (χ1v) is 13.3. The zero-order valence-corrected chi connectivity index (χ0v) is 20.6. The van der Waals surface area contributed by atoms with Crippen molar-refractivity contribution >= 4 is 26.8 Å². The summed E-state index contributed by atoms with van der Waals surface area (Å²) < 4.78 is 31.4. The Hall–Kier alpha value is -2.75. The molecule has 0 radical (unpaired) electrons. The van der Waals surface area contributed by atoms with Gasteiger partial charge < -0.3 is 20.2 Å². The molecule has 3 rings (SSSR count). The van der Waals surface area contributed by atoms with Gasteiger partial charge in [0.15, 0.2) is 21.5 Å². The molecule has 34 heavy (non-hydrogen) atoms. The lowest BCUT2D eigenvalue weighted by atomic mass is 10.0. The Bertz CT molecular complexity index is 1140. The number of nitrogens with zero attached hydrogens (tertiary/aromatic N) is 1. The summed E-state index contributed by atoms with van der Waals surface area (Å²) in [6.45, 7) is 5.63. The highest BCUT2D eigenvalue weighted by Crippen LogP contribution is 2.24. The Kier molecular flexibility index (Phi) is 8.82. The first-order chi connectivity index (χ1) is 16.2. The fraction of sp³-hybridized carbons (Fsp3) is 0.440. The van der Waals surface area contributed by atoms with Gasteiger partial charge in [-0.05, 0) is 24.1 Å². The van der Waals surface area contributed by atoms with Crippen LogP contribution in [0.1, 0.15) is 51.2 Å². The molecule has 0 aliphatic carbocycles. The standard InChI is InChI=1S/C25H33N3O5S/c1-4-10-20(23(29)25-28-19-13-8-9-14-22(19)33-25)27-24(30)21(26-17(2)3)16-34(31,32)15-18-11-6-5-7-12-18/h5-9,11-14,17,20-21,23,26,29H,4,10,15-16H2,1-3H3,(H,27,30)/t20?,21-,23-/m0/s1. The molecular weight excluding hydrogens is 454 g/mol. The molecule has 0 saturated carbocycles. The van der Waals surface area contributed by atoms with E-state index in [2.05, 4.69) is 15.6 Å². The third-order valence-corrected chi connectivity index (χ3v) is 6.99. The van der Waals surface area contributed by atoms with E-state index in [1.165, 1.54) is 0 Å². The van der Waals surface area contributed by atoms with Crippen LogP contribution in [-0.4, -0.2) is 48.3 Å². The molecule has 2 aromatic carbocycles. The van der Waals surface area contributed by atoms with Crippen molar-refractivity contribution in [3.63, 3.8) is 0 Å². The summed E-state index contributed by atoms with van der Waals surface area (Å²) in [5.41, 5.74) is 1.83. The molecule has 1 unspecified atom stereocenters. The van der Waals surface area contributed by atoms with Crippen molar-refractivity contribution in [3.05, 3.63) is 66.1 Å². The summed E-state index contributed by atoms with van der Waals surface area (Å²) in [5.74, 6) is -0.880. The van der Waals surface area contributed by atoms with E-state index in [9.17, 15) is 18.3 Å². The number of aliphatic hydroxyl groups excluding tert-OH is 1. The molecule has 0 aliphatic rings. The summed E-state index contributed by atoms with van der Waals surface area (Å²) in [6.07, 6.45) is -0.00918. The Balaban J connectivity index is 1.75. The van der Waals surface area contributed by atoms with Crippen LogP contribution in [0.25, 0.3) is 11.1 Å². The number of oxazole rings is 1. The van der Waals surface area contributed by atoms with E-state index < -0.39 is 33.9 Å². The van der Waals surface area contributed by atoms with Crippen LogP contribution in [-0.2, 0) is 20.4 Å². The second-order valence-electron chi connectivity index (χ2n) is 8.78. The number of aliphatic hydroxyl groups is 1. The number of hydrogen-bond acceptors (Lipinski definition) is 7. The number of benzene rings is 2. The van der Waals surface area contributed by atoms with Crippen LogP contribution in [0.4, 0.5) is 0 Å². The highest BCUT2D eigenvalue weighted by Gasteiger charge is 2.31. The molecule has 3 N–H and O–H groups in total. The zero-order valence-electron chi connectivity index (χ0n) is 19.8. The SMILES string of the molecule is CCCC(NC(=O)[C@H](CS(=O)(=O)Cc1ccccc1)NC(C)C)[C@H](O)c1nc2ccccc2o1. The second kappa shape index (κ2) is 11.6. The first-order valence-electron chi connectivity index (χ1n) is 11.5. The topological polar surface area (TPSA) is 122 Å². The largest absolute Gasteiger partial charge is 0.438 e. The van der Waals surface area contributed by atoms with Crippen LogP contribution >= 0.6 is 0 Å². The lowest BCUT2D eigenvalue weighted by molar-refractivity contribution is -0.124. The van der Waals surface area contributed by atoms with Crippen molar-refractivity contribution in [1.82, 2.24) is 15.6 Å². The summed E-state index contributed by atoms with van der Waals surface area (Å²) in [4.78, 5) is 17.5. The number of carbonyl (C=O) groups is 1. The fourth-order valence-electron chi connectivity index (χ4n) is 3.83. The molecule has 0 bridgehead atoms. The van der Waals surface area contributed by atoms with Crippen LogP contribution in [0.5, 0.6) is 0 Å². The monoisotopic (exact) mass is 487 g/mol. The molecule has 9 heteroatoms. The Morgan fingerprint density at radius 1 is 1.09 bits per heavy atom. The van der Waals surface area contributed by atoms with Crippen molar-refractivity contribution in [1.29, 1.82) is 0 Å². The van der Waals surface area contributed by atoms with Crippen LogP contribution in [0.15, 0.2) is 59.0 Å². The summed E-state index contributed by atoms with van der Waals surface area (Å²) in [6, 6.07) is 14.3. The molecular formula is C25H33N3O5S. The van der Waals surface area contributed by atoms with Gasteiger partial charge in [0.2, 0.25) is 11.8 Å². The van der Waals surface area contributed by atoms with Crippen molar-refractivity contribution in [2.45, 2.75) is 63.6 Å². The maximum Gasteiger partial charge on any atom is 0.238 e. The van der Waals surface area contributed by atoms with E-state index in [4.69, 9.17) is 4.42 Å². The molecule has 184 valence electrons. The summed E-state index contributed by atoms with van der Waals surface area (Å²) in [7, 11) is -3.58. The lowest BCUT2D eigenvalue weighted by Gasteiger charge is -2.26. The zero-order chi connectivity index (χ0) is 24.7. The van der Waals surface area contributed by atoms with Gasteiger partial charge >= 0.3 is 0 Å². The fourth-order valence-corrected chi connectivity index (χ4v) is 5.41. The normalized spacial score (nSPS) is 14.7. The number of carbonyl (C=O) groups excluding carboxylic acids is 1. The quantitative estimate of drug-likeness (QED) is 0.359. The minimum atomic E-state index is -3.58. The van der Waals surface area contributed by atoms with Crippen LogP contribution in [0, 0.1) is 0 Å². The Morgan fingerprint density at radius 3 is 2.41 bits per heavy atom. The van der Waals surface area contributed by atoms with Crippen molar-refractivity contribution in [2.75, 3.05) is 5.75 Å². The molecule has 1 heterocycles. The molecule has 0 saturated heterocycles. The molecule has 0 spiro atoms. The van der Waals surface area contributed by atoms with Gasteiger partial charge in [-0.2, -0.15) is 0 Å². The van der Waals surface area contributed by atoms with Crippen LogP contribution in [0.3, 0.4) is 0 Å². The van der Waals surface area contributed by atoms with Gasteiger partial charge in [-0.25, -0.2) is 13.4 Å². The first kappa shape index (κ1) is 25.9. The van der Waals surface area contributed by atoms with Crippen molar-refractivity contribution in [3.8, 4) is 0 Å². The van der Waals surface area contributed by atoms with Gasteiger partial charge in [-0.3, -0.25) is 4.79 Å². The Morgan fingerprint density at radius 2 is 1.76 bits per heavy atom. The molecule has 0 fully saturated rings.